The van der Waals surface area contributed by atoms with Crippen molar-refractivity contribution in [3.05, 3.63) is 48.0 Å². The highest BCUT2D eigenvalue weighted by Gasteiger charge is 2.12. The molecule has 16 heavy (non-hydrogen) atoms. The molecular weight excluding hydrogens is 196 g/mol. The Bertz CT molecular complexity index is 808. The lowest BCUT2D eigenvalue weighted by atomic mass is 9.99. The maximum absolute atomic E-state index is 5.87. The first-order valence-corrected chi connectivity index (χ1v) is 5.47. The van der Waals surface area contributed by atoms with Gasteiger partial charge in [-0.1, -0.05) is 30.3 Å². The summed E-state index contributed by atoms with van der Waals surface area (Å²) in [6.07, 6.45) is 0. The first-order chi connectivity index (χ1) is 7.84. The van der Waals surface area contributed by atoms with Gasteiger partial charge in [-0.25, -0.2) is 0 Å². The van der Waals surface area contributed by atoms with Crippen molar-refractivity contribution < 1.29 is 4.42 Å². The highest BCUT2D eigenvalue weighted by Crippen LogP contribution is 2.37. The molecule has 0 radical (unpaired) electrons. The number of aryl methyl sites for hydroxylation is 1. The van der Waals surface area contributed by atoms with Gasteiger partial charge in [0.25, 0.3) is 0 Å². The molecule has 0 saturated heterocycles. The standard InChI is InChI=1S/C15H10O/c1-9-5-8-13-15-11(9)7-6-10-3-2-4-12(16-13)14(10)15/h2-8H,1H3. The molecule has 0 spiro atoms. The molecule has 0 aliphatic carbocycles. The lowest BCUT2D eigenvalue weighted by Gasteiger charge is -2.02. The van der Waals surface area contributed by atoms with Gasteiger partial charge < -0.3 is 4.42 Å². The molecule has 0 atom stereocenters. The van der Waals surface area contributed by atoms with Gasteiger partial charge in [0.1, 0.15) is 11.2 Å². The minimum Gasteiger partial charge on any atom is -0.456 e. The van der Waals surface area contributed by atoms with E-state index in [0.29, 0.717) is 0 Å². The summed E-state index contributed by atoms with van der Waals surface area (Å²) in [7, 11) is 0. The van der Waals surface area contributed by atoms with Crippen LogP contribution in [-0.2, 0) is 0 Å². The zero-order valence-electron chi connectivity index (χ0n) is 8.95. The van der Waals surface area contributed by atoms with E-state index in [1.165, 1.54) is 27.1 Å². The van der Waals surface area contributed by atoms with E-state index in [1.54, 1.807) is 0 Å². The van der Waals surface area contributed by atoms with Crippen LogP contribution in [0.4, 0.5) is 0 Å². The average molecular weight is 206 g/mol. The molecule has 3 aromatic carbocycles. The fourth-order valence-corrected chi connectivity index (χ4v) is 2.59. The second kappa shape index (κ2) is 2.56. The van der Waals surface area contributed by atoms with Gasteiger partial charge >= 0.3 is 0 Å². The van der Waals surface area contributed by atoms with Gasteiger partial charge in [-0.2, -0.15) is 0 Å². The van der Waals surface area contributed by atoms with E-state index in [0.717, 1.165) is 11.2 Å². The summed E-state index contributed by atoms with van der Waals surface area (Å²) in [4.78, 5) is 0. The molecular formula is C15H10O. The molecule has 1 nitrogen and oxygen atoms in total. The van der Waals surface area contributed by atoms with Crippen LogP contribution in [0.1, 0.15) is 5.56 Å². The van der Waals surface area contributed by atoms with Crippen LogP contribution >= 0.6 is 0 Å². The molecule has 0 amide bonds. The molecule has 4 rings (SSSR count). The summed E-state index contributed by atoms with van der Waals surface area (Å²) < 4.78 is 5.87. The number of rotatable bonds is 0. The largest absolute Gasteiger partial charge is 0.456 e. The molecule has 0 saturated carbocycles. The van der Waals surface area contributed by atoms with Crippen LogP contribution in [0.25, 0.3) is 32.7 Å². The Morgan fingerprint density at radius 1 is 0.812 bits per heavy atom. The summed E-state index contributed by atoms with van der Waals surface area (Å²) in [6, 6.07) is 14.8. The van der Waals surface area contributed by atoms with Crippen LogP contribution in [0.2, 0.25) is 0 Å². The van der Waals surface area contributed by atoms with Crippen LogP contribution in [0.5, 0.6) is 0 Å². The zero-order valence-corrected chi connectivity index (χ0v) is 8.95. The molecule has 1 heteroatoms. The van der Waals surface area contributed by atoms with Crippen LogP contribution in [0.15, 0.2) is 46.9 Å². The van der Waals surface area contributed by atoms with E-state index in [9.17, 15) is 0 Å². The topological polar surface area (TPSA) is 13.1 Å². The van der Waals surface area contributed by atoms with Crippen LogP contribution in [0.3, 0.4) is 0 Å². The number of benzene rings is 3. The van der Waals surface area contributed by atoms with Crippen molar-refractivity contribution in [3.63, 3.8) is 0 Å². The summed E-state index contributed by atoms with van der Waals surface area (Å²) in [6.45, 7) is 2.14. The van der Waals surface area contributed by atoms with Gasteiger partial charge in [0.05, 0.1) is 0 Å². The van der Waals surface area contributed by atoms with Crippen molar-refractivity contribution in [2.24, 2.45) is 0 Å². The average Bonchev–Trinajstić information content (AvgIpc) is 2.69. The summed E-state index contributed by atoms with van der Waals surface area (Å²) in [5.41, 5.74) is 3.29. The Balaban J connectivity index is 2.50. The predicted molar refractivity (Wildman–Crippen MR) is 67.1 cm³/mol. The van der Waals surface area contributed by atoms with E-state index >= 15 is 0 Å². The molecule has 1 heterocycles. The van der Waals surface area contributed by atoms with Crippen LogP contribution in [-0.4, -0.2) is 0 Å². The molecule has 0 unspecified atom stereocenters. The number of hydrogen-bond donors (Lipinski definition) is 0. The Morgan fingerprint density at radius 2 is 1.69 bits per heavy atom. The van der Waals surface area contributed by atoms with Crippen molar-refractivity contribution in [1.82, 2.24) is 0 Å². The van der Waals surface area contributed by atoms with E-state index in [-0.39, 0.29) is 0 Å². The number of furan rings is 1. The minimum atomic E-state index is 0.990. The van der Waals surface area contributed by atoms with Crippen molar-refractivity contribution in [2.45, 2.75) is 6.92 Å². The van der Waals surface area contributed by atoms with Gasteiger partial charge in [-0.15, -0.1) is 0 Å². The molecule has 0 aliphatic heterocycles. The normalized spacial score (nSPS) is 12.1. The second-order valence-corrected chi connectivity index (χ2v) is 4.33. The third-order valence-corrected chi connectivity index (χ3v) is 3.38. The zero-order chi connectivity index (χ0) is 10.7. The number of hydrogen-bond acceptors (Lipinski definition) is 1. The highest BCUT2D eigenvalue weighted by molar-refractivity contribution is 6.22. The summed E-state index contributed by atoms with van der Waals surface area (Å²) in [5.74, 6) is 0. The molecule has 4 aromatic rings. The van der Waals surface area contributed by atoms with Crippen molar-refractivity contribution in [3.8, 4) is 0 Å². The van der Waals surface area contributed by atoms with Gasteiger partial charge in [0.15, 0.2) is 0 Å². The van der Waals surface area contributed by atoms with Crippen molar-refractivity contribution in [2.75, 3.05) is 0 Å². The maximum Gasteiger partial charge on any atom is 0.136 e. The Kier molecular flexibility index (Phi) is 1.31. The van der Waals surface area contributed by atoms with Gasteiger partial charge in [0, 0.05) is 10.8 Å². The quantitative estimate of drug-likeness (QED) is 0.386. The molecule has 1 aromatic heterocycles. The maximum atomic E-state index is 5.87. The monoisotopic (exact) mass is 206 g/mol. The minimum absolute atomic E-state index is 0.990. The fourth-order valence-electron chi connectivity index (χ4n) is 2.59. The highest BCUT2D eigenvalue weighted by atomic mass is 16.3. The van der Waals surface area contributed by atoms with E-state index in [1.807, 2.05) is 12.1 Å². The van der Waals surface area contributed by atoms with E-state index in [2.05, 4.69) is 37.3 Å². The van der Waals surface area contributed by atoms with Gasteiger partial charge in [-0.3, -0.25) is 0 Å². The smallest absolute Gasteiger partial charge is 0.136 e. The third kappa shape index (κ3) is 0.820. The molecule has 0 fully saturated rings. The van der Waals surface area contributed by atoms with Gasteiger partial charge in [-0.05, 0) is 35.4 Å². The Morgan fingerprint density at radius 3 is 2.62 bits per heavy atom. The lowest BCUT2D eigenvalue weighted by Crippen LogP contribution is -1.79. The Hall–Kier alpha value is -2.02. The third-order valence-electron chi connectivity index (χ3n) is 3.38. The predicted octanol–water partition coefficient (Wildman–Crippen LogP) is 4.49. The molecule has 0 aliphatic rings. The van der Waals surface area contributed by atoms with Crippen molar-refractivity contribution in [1.29, 1.82) is 0 Å². The second-order valence-electron chi connectivity index (χ2n) is 4.33. The summed E-state index contributed by atoms with van der Waals surface area (Å²) in [5, 5.41) is 5.09. The lowest BCUT2D eigenvalue weighted by molar-refractivity contribution is 0.669. The first kappa shape index (κ1) is 8.17. The fraction of sp³-hybridized carbons (Fsp3) is 0.0667. The Labute approximate surface area is 92.6 Å². The van der Waals surface area contributed by atoms with Crippen molar-refractivity contribution >= 4 is 32.7 Å². The molecule has 76 valence electrons. The van der Waals surface area contributed by atoms with Gasteiger partial charge in [0.2, 0.25) is 0 Å². The molecule has 0 N–H and O–H groups in total. The van der Waals surface area contributed by atoms with Crippen LogP contribution < -0.4 is 0 Å². The molecule has 0 bridgehead atoms. The van der Waals surface area contributed by atoms with Crippen LogP contribution in [0, 0.1) is 6.92 Å². The van der Waals surface area contributed by atoms with E-state index in [4.69, 9.17) is 4.42 Å². The SMILES string of the molecule is Cc1ccc2oc3cccc4ccc1c2c43. The summed E-state index contributed by atoms with van der Waals surface area (Å²) >= 11 is 0. The first-order valence-electron chi connectivity index (χ1n) is 5.47. The van der Waals surface area contributed by atoms with E-state index < -0.39 is 0 Å².